The molecule has 0 aliphatic rings. The summed E-state index contributed by atoms with van der Waals surface area (Å²) >= 11 is 0. The van der Waals surface area contributed by atoms with Crippen LogP contribution in [0.5, 0.6) is 5.75 Å². The molecule has 69 heavy (non-hydrogen) atoms. The van der Waals surface area contributed by atoms with Crippen LogP contribution in [0.1, 0.15) is 140 Å². The first-order valence-electron chi connectivity index (χ1n) is 26.7. The molecule has 0 radical (unpaired) electrons. The monoisotopic (exact) mass is 1090 g/mol. The Balaban J connectivity index is 0.00000747. The fraction of sp³-hybridized carbons (Fsp3) is 0.250. The van der Waals surface area contributed by atoms with E-state index in [1.165, 1.54) is 0 Å². The summed E-state index contributed by atoms with van der Waals surface area (Å²) in [4.78, 5) is 10.4. The van der Waals surface area contributed by atoms with Crippen LogP contribution in [-0.2, 0) is 21.1 Å². The number of hydrogen-bond acceptors (Lipinski definition) is 3. The Labute approximate surface area is 433 Å². The predicted octanol–water partition coefficient (Wildman–Crippen LogP) is 17.9. The number of fused-ring (bicyclic) bond motifs is 1. The van der Waals surface area contributed by atoms with Crippen molar-refractivity contribution in [3.05, 3.63) is 191 Å². The summed E-state index contributed by atoms with van der Waals surface area (Å²) in [6.07, 6.45) is 1.81. The van der Waals surface area contributed by atoms with Gasteiger partial charge in [0.05, 0.1) is 22.3 Å². The maximum absolute atomic E-state index is 12.4. The third-order valence-electron chi connectivity index (χ3n) is 13.1. The van der Waals surface area contributed by atoms with Gasteiger partial charge in [-0.15, -0.1) is 23.8 Å². The fourth-order valence-electron chi connectivity index (χ4n) is 9.05. The van der Waals surface area contributed by atoms with Crippen molar-refractivity contribution in [1.82, 2.24) is 14.5 Å². The minimum Gasteiger partial charge on any atom is -0.507 e. The quantitative estimate of drug-likeness (QED) is 0.124. The van der Waals surface area contributed by atoms with Crippen molar-refractivity contribution in [3.63, 3.8) is 0 Å². The van der Waals surface area contributed by atoms with Gasteiger partial charge in [0.1, 0.15) is 11.6 Å². The second kappa shape index (κ2) is 20.3. The molecule has 0 saturated heterocycles. The van der Waals surface area contributed by atoms with E-state index in [-0.39, 0.29) is 44.2 Å². The number of aromatic nitrogens is 3. The molecule has 9 rings (SSSR count). The molecule has 2 heterocycles. The molecular formula is C64H64N3OPt-. The minimum atomic E-state index is -2.61. The zero-order valence-electron chi connectivity index (χ0n) is 47.2. The Hall–Kier alpha value is -6.35. The second-order valence-corrected chi connectivity index (χ2v) is 19.4. The Morgan fingerprint density at radius 3 is 1.83 bits per heavy atom. The van der Waals surface area contributed by atoms with Crippen LogP contribution in [-0.4, -0.2) is 19.6 Å². The number of imidazole rings is 1. The van der Waals surface area contributed by atoms with Crippen molar-refractivity contribution in [1.29, 1.82) is 0 Å². The summed E-state index contributed by atoms with van der Waals surface area (Å²) in [6, 6.07) is 51.4. The molecular weight excluding hydrogens is 1020 g/mol. The SMILES string of the molecule is [2H]C([2H])([2H])c1cc(-c2cc(C([2H])(C)C)cc(C([2H])(C)C)c2)ccc1-n1c(-c2cc(C(C)C)cc(C(C)C)c2O)nc2c(-c3[c-]c(-c4cc(-c5ccc(C([2H])(C)C)cc5)ccn4)cc(-c4ccccc4)c3)cccc21.[Pt]. The summed E-state index contributed by atoms with van der Waals surface area (Å²) in [5.74, 6) is -2.12. The van der Waals surface area contributed by atoms with Gasteiger partial charge in [-0.2, -0.15) is 0 Å². The largest absolute Gasteiger partial charge is 0.507 e. The van der Waals surface area contributed by atoms with Crippen LogP contribution in [0.4, 0.5) is 0 Å². The molecule has 0 fully saturated rings. The molecule has 0 saturated carbocycles. The van der Waals surface area contributed by atoms with Gasteiger partial charge in [-0.05, 0) is 128 Å². The minimum absolute atomic E-state index is 0. The number of phenolic OH excluding ortho intramolecular Hbond substituents is 1. The van der Waals surface area contributed by atoms with Gasteiger partial charge in [0.2, 0.25) is 0 Å². The molecule has 0 aliphatic heterocycles. The van der Waals surface area contributed by atoms with Crippen LogP contribution in [0.25, 0.3) is 83.9 Å². The fourth-order valence-corrected chi connectivity index (χ4v) is 9.05. The molecule has 0 unspecified atom stereocenters. The maximum atomic E-state index is 12.4. The van der Waals surface area contributed by atoms with Crippen molar-refractivity contribution < 1.29 is 34.4 Å². The van der Waals surface area contributed by atoms with Gasteiger partial charge in [-0.3, -0.25) is 9.55 Å². The Morgan fingerprint density at radius 1 is 0.536 bits per heavy atom. The molecule has 2 aromatic heterocycles. The van der Waals surface area contributed by atoms with Crippen LogP contribution in [0.15, 0.2) is 152 Å². The van der Waals surface area contributed by atoms with Gasteiger partial charge in [0.25, 0.3) is 0 Å². The van der Waals surface area contributed by atoms with E-state index >= 15 is 0 Å². The number of rotatable bonds is 12. The van der Waals surface area contributed by atoms with Crippen LogP contribution < -0.4 is 0 Å². The van der Waals surface area contributed by atoms with Crippen LogP contribution in [0.3, 0.4) is 0 Å². The summed E-state index contributed by atoms with van der Waals surface area (Å²) in [7, 11) is 0. The Kier molecular flexibility index (Phi) is 12.3. The van der Waals surface area contributed by atoms with E-state index in [4.69, 9.17) is 18.2 Å². The van der Waals surface area contributed by atoms with Crippen LogP contribution >= 0.6 is 0 Å². The Bertz CT molecular complexity index is 3530. The number of benzene rings is 7. The normalized spacial score (nSPS) is 13.6. The molecule has 352 valence electrons. The van der Waals surface area contributed by atoms with Crippen LogP contribution in [0, 0.1) is 12.9 Å². The van der Waals surface area contributed by atoms with Crippen molar-refractivity contribution in [2.45, 2.75) is 106 Å². The molecule has 0 amide bonds. The van der Waals surface area contributed by atoms with Crippen molar-refractivity contribution in [3.8, 4) is 78.6 Å². The van der Waals surface area contributed by atoms with Gasteiger partial charge in [-0.25, -0.2) is 4.98 Å². The number of phenols is 1. The third-order valence-corrected chi connectivity index (χ3v) is 13.1. The first-order chi connectivity index (χ1) is 34.8. The predicted molar refractivity (Wildman–Crippen MR) is 287 cm³/mol. The average Bonchev–Trinajstić information content (AvgIpc) is 3.75. The maximum Gasteiger partial charge on any atom is 0.148 e. The zero-order valence-corrected chi connectivity index (χ0v) is 43.5. The third kappa shape index (κ3) is 9.93. The van der Waals surface area contributed by atoms with Crippen LogP contribution in [0.2, 0.25) is 0 Å². The first-order valence-corrected chi connectivity index (χ1v) is 23.7. The van der Waals surface area contributed by atoms with E-state index in [2.05, 4.69) is 56.3 Å². The first kappa shape index (κ1) is 41.6. The van der Waals surface area contributed by atoms with Crippen molar-refractivity contribution >= 4 is 11.0 Å². The number of aromatic hydroxyl groups is 1. The molecule has 7 aromatic carbocycles. The van der Waals surface area contributed by atoms with Crippen molar-refractivity contribution in [2.24, 2.45) is 0 Å². The van der Waals surface area contributed by atoms with E-state index in [1.807, 2.05) is 169 Å². The molecule has 4 nitrogen and oxygen atoms in total. The van der Waals surface area contributed by atoms with Gasteiger partial charge in [-0.1, -0.05) is 189 Å². The summed E-state index contributed by atoms with van der Waals surface area (Å²) in [6.45, 7) is 16.7. The second-order valence-electron chi connectivity index (χ2n) is 19.4. The number of hydrogen-bond donors (Lipinski definition) is 1. The zero-order chi connectivity index (χ0) is 53.2. The molecule has 0 aliphatic carbocycles. The molecule has 1 N–H and O–H groups in total. The van der Waals surface area contributed by atoms with E-state index in [0.717, 1.165) is 72.5 Å². The van der Waals surface area contributed by atoms with Gasteiger partial charge in [0, 0.05) is 41.2 Å². The topological polar surface area (TPSA) is 50.9 Å². The molecule has 0 bridgehead atoms. The summed E-state index contributed by atoms with van der Waals surface area (Å²) < 4.78 is 55.7. The van der Waals surface area contributed by atoms with Gasteiger partial charge < -0.3 is 5.11 Å². The molecule has 5 heteroatoms. The smallest absolute Gasteiger partial charge is 0.148 e. The van der Waals surface area contributed by atoms with E-state index in [9.17, 15) is 5.11 Å². The number of para-hydroxylation sites is 1. The standard InChI is InChI=1S/C64H64N3O.Pt/c1-38(2)44-20-22-46(23-21-44)48-26-27-65-59(37-48)55-33-52(45-16-13-12-14-17-45)32-54(34-55)56-18-15-19-61-62(56)66-64(58-36-51(41(7)8)35-57(42(9)10)63(58)68)67(61)60-25-24-47(28-43(60)11)53-30-49(39(3)4)29-50(31-53)40(5)6;/h12-33,35-42,68H,1-11H3;/q-1;/i11D3,38D,39D,40D;. The number of aryl methyl sites for hydroxylation is 1. The van der Waals surface area contributed by atoms with E-state index in [0.29, 0.717) is 39.2 Å². The Morgan fingerprint density at radius 2 is 1.17 bits per heavy atom. The number of nitrogens with zero attached hydrogens (tertiary/aromatic N) is 3. The molecule has 0 spiro atoms. The summed E-state index contributed by atoms with van der Waals surface area (Å²) in [5.41, 5.74) is 14.6. The van der Waals surface area contributed by atoms with Crippen molar-refractivity contribution in [2.75, 3.05) is 0 Å². The average molecular weight is 1090 g/mol. The molecule has 9 aromatic rings. The van der Waals surface area contributed by atoms with Gasteiger partial charge in [0.15, 0.2) is 0 Å². The number of pyridine rings is 1. The van der Waals surface area contributed by atoms with E-state index < -0.39 is 24.5 Å². The van der Waals surface area contributed by atoms with Gasteiger partial charge >= 0.3 is 0 Å². The van der Waals surface area contributed by atoms with E-state index in [1.54, 1.807) is 6.07 Å². The summed E-state index contributed by atoms with van der Waals surface area (Å²) in [5, 5.41) is 12.4. The molecule has 0 atom stereocenters.